The van der Waals surface area contributed by atoms with Crippen LogP contribution < -0.4 is 10.2 Å². The molecule has 4 nitrogen and oxygen atoms in total. The highest BCUT2D eigenvalue weighted by atomic mass is 19.1. The monoisotopic (exact) mass is 401 g/mol. The highest BCUT2D eigenvalue weighted by molar-refractivity contribution is 6.10. The summed E-state index contributed by atoms with van der Waals surface area (Å²) >= 11 is 0. The lowest BCUT2D eigenvalue weighted by Crippen LogP contribution is -2.20. The molecule has 5 heteroatoms. The molecular weight excluding hydrogens is 381 g/mol. The van der Waals surface area contributed by atoms with E-state index in [2.05, 4.69) is 6.07 Å². The van der Waals surface area contributed by atoms with Crippen LogP contribution in [0.15, 0.2) is 77.7 Å². The van der Waals surface area contributed by atoms with E-state index in [4.69, 9.17) is 4.74 Å². The van der Waals surface area contributed by atoms with Crippen LogP contribution in [-0.4, -0.2) is 17.5 Å². The molecule has 0 spiro atoms. The predicted molar refractivity (Wildman–Crippen MR) is 115 cm³/mol. The number of rotatable bonds is 5. The summed E-state index contributed by atoms with van der Waals surface area (Å²) in [7, 11) is 1.53. The van der Waals surface area contributed by atoms with Crippen molar-refractivity contribution < 1.29 is 13.9 Å². The summed E-state index contributed by atoms with van der Waals surface area (Å²) in [4.78, 5) is 26.2. The third-order valence-corrected chi connectivity index (χ3v) is 5.07. The predicted octanol–water partition coefficient (Wildman–Crippen LogP) is 4.74. The van der Waals surface area contributed by atoms with Crippen LogP contribution in [0.1, 0.15) is 27.0 Å². The summed E-state index contributed by atoms with van der Waals surface area (Å²) in [5.41, 5.74) is 2.81. The number of pyridine rings is 1. The maximum Gasteiger partial charge on any atom is 0.200 e. The average molecular weight is 401 g/mol. The van der Waals surface area contributed by atoms with E-state index >= 15 is 0 Å². The molecule has 0 amide bonds. The van der Waals surface area contributed by atoms with Crippen molar-refractivity contribution in [1.82, 2.24) is 4.57 Å². The Balaban J connectivity index is 1.91. The van der Waals surface area contributed by atoms with Crippen LogP contribution in [0.2, 0.25) is 0 Å². The molecule has 0 fully saturated rings. The summed E-state index contributed by atoms with van der Waals surface area (Å²) < 4.78 is 20.4. The van der Waals surface area contributed by atoms with Gasteiger partial charge in [-0.05, 0) is 55.0 Å². The number of nitrogens with zero attached hydrogens (tertiary/aromatic N) is 1. The lowest BCUT2D eigenvalue weighted by molar-refractivity contribution is 0.103. The number of hydrogen-bond acceptors (Lipinski definition) is 3. The van der Waals surface area contributed by atoms with Gasteiger partial charge in [-0.25, -0.2) is 4.39 Å². The number of aromatic nitrogens is 1. The molecule has 4 aromatic rings. The normalized spacial score (nSPS) is 10.9. The molecule has 1 heterocycles. The van der Waals surface area contributed by atoms with Crippen molar-refractivity contribution >= 4 is 16.7 Å². The number of benzene rings is 3. The van der Waals surface area contributed by atoms with E-state index in [1.54, 1.807) is 18.3 Å². The van der Waals surface area contributed by atoms with Gasteiger partial charge in [0.2, 0.25) is 5.43 Å². The van der Waals surface area contributed by atoms with E-state index in [-0.39, 0.29) is 16.6 Å². The zero-order valence-corrected chi connectivity index (χ0v) is 16.7. The molecule has 150 valence electrons. The quantitative estimate of drug-likeness (QED) is 0.454. The first-order valence-corrected chi connectivity index (χ1v) is 9.53. The lowest BCUT2D eigenvalue weighted by Gasteiger charge is -2.14. The highest BCUT2D eigenvalue weighted by Crippen LogP contribution is 2.21. The zero-order valence-electron chi connectivity index (χ0n) is 16.7. The molecule has 0 aliphatic carbocycles. The molecule has 4 rings (SSSR count). The topological polar surface area (TPSA) is 48.3 Å². The number of halogens is 1. The SMILES string of the molecule is COc1ccc2c(c1)c(=O)c(C(=O)c1ccc(F)cc1)cn2Cc1cccc(C)c1. The van der Waals surface area contributed by atoms with Gasteiger partial charge in [-0.15, -0.1) is 0 Å². The molecule has 0 atom stereocenters. The first kappa shape index (κ1) is 19.6. The number of aryl methyl sites for hydroxylation is 1. The van der Waals surface area contributed by atoms with Crippen LogP contribution in [0.25, 0.3) is 10.9 Å². The first-order valence-electron chi connectivity index (χ1n) is 9.53. The third kappa shape index (κ3) is 3.74. The summed E-state index contributed by atoms with van der Waals surface area (Å²) in [6.07, 6.45) is 1.59. The van der Waals surface area contributed by atoms with Gasteiger partial charge in [0.15, 0.2) is 5.78 Å². The zero-order chi connectivity index (χ0) is 21.3. The van der Waals surface area contributed by atoms with Crippen molar-refractivity contribution in [3.63, 3.8) is 0 Å². The van der Waals surface area contributed by atoms with Gasteiger partial charge in [0, 0.05) is 18.3 Å². The molecule has 0 radical (unpaired) electrons. The van der Waals surface area contributed by atoms with Gasteiger partial charge in [0.1, 0.15) is 11.6 Å². The fourth-order valence-corrected chi connectivity index (χ4v) is 3.56. The second kappa shape index (κ2) is 7.95. The van der Waals surface area contributed by atoms with Crippen molar-refractivity contribution in [2.45, 2.75) is 13.5 Å². The van der Waals surface area contributed by atoms with Crippen molar-refractivity contribution in [2.24, 2.45) is 0 Å². The molecule has 0 bridgehead atoms. The summed E-state index contributed by atoms with van der Waals surface area (Å²) in [5, 5.41) is 0.398. The van der Waals surface area contributed by atoms with E-state index < -0.39 is 11.6 Å². The Morgan fingerprint density at radius 1 is 1.03 bits per heavy atom. The Kier molecular flexibility index (Phi) is 5.19. The molecule has 0 N–H and O–H groups in total. The number of ether oxygens (including phenoxy) is 1. The van der Waals surface area contributed by atoms with Gasteiger partial charge in [-0.3, -0.25) is 9.59 Å². The van der Waals surface area contributed by atoms with E-state index in [1.807, 2.05) is 35.8 Å². The van der Waals surface area contributed by atoms with Gasteiger partial charge >= 0.3 is 0 Å². The van der Waals surface area contributed by atoms with Crippen LogP contribution in [0.3, 0.4) is 0 Å². The Bertz CT molecular complexity index is 1310. The molecule has 0 saturated carbocycles. The molecule has 0 saturated heterocycles. The number of ketones is 1. The van der Waals surface area contributed by atoms with Crippen LogP contribution in [0.5, 0.6) is 5.75 Å². The van der Waals surface area contributed by atoms with Crippen molar-refractivity contribution in [3.8, 4) is 5.75 Å². The molecule has 0 aliphatic heterocycles. The maximum atomic E-state index is 13.3. The van der Waals surface area contributed by atoms with Crippen LogP contribution in [-0.2, 0) is 6.54 Å². The largest absolute Gasteiger partial charge is 0.497 e. The number of carbonyl (C=O) groups is 1. The number of fused-ring (bicyclic) bond motifs is 1. The smallest absolute Gasteiger partial charge is 0.200 e. The van der Waals surface area contributed by atoms with Gasteiger partial charge < -0.3 is 9.30 Å². The van der Waals surface area contributed by atoms with Crippen LogP contribution in [0, 0.1) is 12.7 Å². The number of hydrogen-bond donors (Lipinski definition) is 0. The number of methoxy groups -OCH3 is 1. The molecule has 1 aromatic heterocycles. The fourth-order valence-electron chi connectivity index (χ4n) is 3.56. The summed E-state index contributed by atoms with van der Waals surface area (Å²) in [5.74, 6) is -0.345. The van der Waals surface area contributed by atoms with Crippen LogP contribution in [0.4, 0.5) is 4.39 Å². The van der Waals surface area contributed by atoms with Crippen molar-refractivity contribution in [2.75, 3.05) is 7.11 Å². The Labute approximate surface area is 173 Å². The Hall–Kier alpha value is -3.73. The van der Waals surface area contributed by atoms with Crippen molar-refractivity contribution in [3.05, 3.63) is 111 Å². The standard InChI is InChI=1S/C25H20FNO3/c1-16-4-3-5-17(12-16)14-27-15-22(24(28)18-6-8-19(26)9-7-18)25(29)21-13-20(30-2)10-11-23(21)27/h3-13,15H,14H2,1-2H3. The number of carbonyl (C=O) groups excluding carboxylic acids is 1. The Morgan fingerprint density at radius 2 is 1.80 bits per heavy atom. The third-order valence-electron chi connectivity index (χ3n) is 5.07. The fraction of sp³-hybridized carbons (Fsp3) is 0.120. The second-order valence-electron chi connectivity index (χ2n) is 7.21. The van der Waals surface area contributed by atoms with Gasteiger partial charge in [-0.1, -0.05) is 29.8 Å². The van der Waals surface area contributed by atoms with E-state index in [0.717, 1.165) is 11.1 Å². The Morgan fingerprint density at radius 3 is 2.50 bits per heavy atom. The van der Waals surface area contributed by atoms with Crippen molar-refractivity contribution in [1.29, 1.82) is 0 Å². The van der Waals surface area contributed by atoms with Crippen LogP contribution >= 0.6 is 0 Å². The first-order chi connectivity index (χ1) is 14.5. The lowest BCUT2D eigenvalue weighted by atomic mass is 10.0. The minimum Gasteiger partial charge on any atom is -0.497 e. The average Bonchev–Trinajstić information content (AvgIpc) is 2.75. The molecular formula is C25H20FNO3. The second-order valence-corrected chi connectivity index (χ2v) is 7.21. The van der Waals surface area contributed by atoms with Gasteiger partial charge in [-0.2, -0.15) is 0 Å². The maximum absolute atomic E-state index is 13.3. The minimum atomic E-state index is -0.442. The molecule has 3 aromatic carbocycles. The van der Waals surface area contributed by atoms with Gasteiger partial charge in [0.25, 0.3) is 0 Å². The van der Waals surface area contributed by atoms with Gasteiger partial charge in [0.05, 0.1) is 23.6 Å². The van der Waals surface area contributed by atoms with E-state index in [9.17, 15) is 14.0 Å². The molecule has 0 aliphatic rings. The molecule has 30 heavy (non-hydrogen) atoms. The summed E-state index contributed by atoms with van der Waals surface area (Å²) in [6.45, 7) is 2.51. The van der Waals surface area contributed by atoms with E-state index in [1.165, 1.54) is 31.4 Å². The highest BCUT2D eigenvalue weighted by Gasteiger charge is 2.18. The van der Waals surface area contributed by atoms with E-state index in [0.29, 0.717) is 23.2 Å². The molecule has 0 unspecified atom stereocenters. The summed E-state index contributed by atoms with van der Waals surface area (Å²) in [6, 6.07) is 18.5. The minimum absolute atomic E-state index is 0.0371.